The number of primary amides is 1. The number of carbonyl (C=O) groups excluding carboxylic acids is 1. The Morgan fingerprint density at radius 2 is 2.40 bits per heavy atom. The summed E-state index contributed by atoms with van der Waals surface area (Å²) < 4.78 is 5.50. The van der Waals surface area contributed by atoms with Gasteiger partial charge in [0.2, 0.25) is 11.6 Å². The van der Waals surface area contributed by atoms with Crippen LogP contribution in [0.5, 0.6) is 0 Å². The second-order valence-electron chi connectivity index (χ2n) is 3.51. The summed E-state index contributed by atoms with van der Waals surface area (Å²) in [5.74, 6) is 0.316. The molecule has 0 radical (unpaired) electrons. The monoisotopic (exact) mass is 200 g/mol. The van der Waals surface area contributed by atoms with Crippen molar-refractivity contribution < 1.29 is 9.21 Å². The van der Waals surface area contributed by atoms with E-state index >= 15 is 0 Å². The molecule has 0 atom stereocenters. The Kier molecular flexibility index (Phi) is 1.48. The summed E-state index contributed by atoms with van der Waals surface area (Å²) in [5.41, 5.74) is 7.43. The molecule has 3 rings (SSSR count). The van der Waals surface area contributed by atoms with Crippen LogP contribution in [0.15, 0.2) is 28.3 Å². The first-order chi connectivity index (χ1) is 7.25. The normalized spacial score (nSPS) is 14.0. The molecule has 2 heterocycles. The van der Waals surface area contributed by atoms with Gasteiger partial charge in [-0.15, -0.1) is 0 Å². The Bertz CT molecular complexity index is 596. The highest BCUT2D eigenvalue weighted by Crippen LogP contribution is 2.33. The lowest BCUT2D eigenvalue weighted by molar-refractivity contribution is -0.114. The molecule has 0 saturated carbocycles. The van der Waals surface area contributed by atoms with Crippen molar-refractivity contribution in [3.05, 3.63) is 35.2 Å². The highest BCUT2D eigenvalue weighted by molar-refractivity contribution is 6.01. The number of rotatable bonds is 1. The van der Waals surface area contributed by atoms with Gasteiger partial charge in [-0.2, -0.15) is 0 Å². The molecule has 2 aromatic rings. The quantitative estimate of drug-likeness (QED) is 0.753. The third-order valence-corrected chi connectivity index (χ3v) is 2.59. The zero-order valence-corrected chi connectivity index (χ0v) is 7.86. The minimum absolute atomic E-state index is 0.390. The molecule has 0 unspecified atom stereocenters. The van der Waals surface area contributed by atoms with Crippen molar-refractivity contribution in [1.82, 2.24) is 4.98 Å². The number of furan rings is 1. The average molecular weight is 200 g/mol. The van der Waals surface area contributed by atoms with Crippen LogP contribution in [0.1, 0.15) is 11.3 Å². The van der Waals surface area contributed by atoms with E-state index in [2.05, 4.69) is 4.98 Å². The van der Waals surface area contributed by atoms with E-state index in [4.69, 9.17) is 10.2 Å². The first-order valence-electron chi connectivity index (χ1n) is 4.62. The zero-order chi connectivity index (χ0) is 10.4. The molecule has 0 aliphatic heterocycles. The van der Waals surface area contributed by atoms with Crippen LogP contribution in [0.2, 0.25) is 0 Å². The first kappa shape index (κ1) is 8.23. The molecule has 1 amide bonds. The van der Waals surface area contributed by atoms with E-state index < -0.39 is 5.91 Å². The molecule has 1 aliphatic rings. The van der Waals surface area contributed by atoms with E-state index in [0.29, 0.717) is 23.5 Å². The molecule has 0 bridgehead atoms. The predicted molar refractivity (Wildman–Crippen MR) is 54.9 cm³/mol. The Balaban J connectivity index is 2.22. The molecule has 4 heteroatoms. The van der Waals surface area contributed by atoms with Gasteiger partial charge in [-0.05, 0) is 18.2 Å². The second kappa shape index (κ2) is 2.70. The molecular weight excluding hydrogens is 192 g/mol. The molecule has 0 fully saturated rings. The molecule has 0 saturated heterocycles. The van der Waals surface area contributed by atoms with Gasteiger partial charge in [0.25, 0.3) is 0 Å². The number of carbonyl (C=O) groups is 1. The SMILES string of the molecule is NC(=O)C1=Cc2oc3ncccc3c2C1. The molecule has 74 valence electrons. The molecule has 2 N–H and O–H groups in total. The van der Waals surface area contributed by atoms with Crippen LogP contribution in [0.4, 0.5) is 0 Å². The summed E-state index contributed by atoms with van der Waals surface area (Å²) in [4.78, 5) is 15.1. The third-order valence-electron chi connectivity index (χ3n) is 2.59. The molecule has 0 spiro atoms. The van der Waals surface area contributed by atoms with E-state index in [1.807, 2.05) is 12.1 Å². The molecule has 0 aromatic carbocycles. The Hall–Kier alpha value is -2.10. The highest BCUT2D eigenvalue weighted by atomic mass is 16.3. The largest absolute Gasteiger partial charge is 0.438 e. The van der Waals surface area contributed by atoms with Crippen molar-refractivity contribution in [2.45, 2.75) is 6.42 Å². The highest BCUT2D eigenvalue weighted by Gasteiger charge is 2.23. The molecule has 2 aromatic heterocycles. The Morgan fingerprint density at radius 3 is 3.20 bits per heavy atom. The van der Waals surface area contributed by atoms with Crippen LogP contribution in [-0.4, -0.2) is 10.9 Å². The van der Waals surface area contributed by atoms with Gasteiger partial charge in [-0.25, -0.2) is 4.98 Å². The lowest BCUT2D eigenvalue weighted by Gasteiger charge is -1.94. The summed E-state index contributed by atoms with van der Waals surface area (Å²) in [7, 11) is 0. The van der Waals surface area contributed by atoms with Gasteiger partial charge in [-0.1, -0.05) is 0 Å². The number of fused-ring (bicyclic) bond motifs is 3. The third kappa shape index (κ3) is 1.08. The van der Waals surface area contributed by atoms with E-state index in [9.17, 15) is 4.79 Å². The van der Waals surface area contributed by atoms with Crippen molar-refractivity contribution >= 4 is 23.1 Å². The van der Waals surface area contributed by atoms with Crippen LogP contribution in [0, 0.1) is 0 Å². The van der Waals surface area contributed by atoms with Crippen molar-refractivity contribution in [2.75, 3.05) is 0 Å². The van der Waals surface area contributed by atoms with Crippen LogP contribution in [0.3, 0.4) is 0 Å². The number of amides is 1. The van der Waals surface area contributed by atoms with Crippen LogP contribution < -0.4 is 5.73 Å². The maximum atomic E-state index is 11.0. The summed E-state index contributed by atoms with van der Waals surface area (Å²) in [6, 6.07) is 3.78. The van der Waals surface area contributed by atoms with E-state index in [1.54, 1.807) is 12.3 Å². The van der Waals surface area contributed by atoms with Crippen LogP contribution in [-0.2, 0) is 11.2 Å². The fourth-order valence-electron chi connectivity index (χ4n) is 1.86. The van der Waals surface area contributed by atoms with Gasteiger partial charge in [-0.3, -0.25) is 4.79 Å². The summed E-state index contributed by atoms with van der Waals surface area (Å²) in [5, 5.41) is 0.958. The molecule has 1 aliphatic carbocycles. The summed E-state index contributed by atoms with van der Waals surface area (Å²) >= 11 is 0. The number of hydrogen-bond acceptors (Lipinski definition) is 3. The van der Waals surface area contributed by atoms with E-state index in [0.717, 1.165) is 10.9 Å². The predicted octanol–water partition coefficient (Wildman–Crippen LogP) is 1.25. The minimum Gasteiger partial charge on any atom is -0.438 e. The number of aromatic nitrogens is 1. The zero-order valence-electron chi connectivity index (χ0n) is 7.86. The van der Waals surface area contributed by atoms with E-state index in [1.165, 1.54) is 0 Å². The fourth-order valence-corrected chi connectivity index (χ4v) is 1.86. The van der Waals surface area contributed by atoms with Gasteiger partial charge in [0, 0.05) is 29.1 Å². The van der Waals surface area contributed by atoms with Crippen LogP contribution in [0.25, 0.3) is 17.2 Å². The van der Waals surface area contributed by atoms with Crippen molar-refractivity contribution in [3.63, 3.8) is 0 Å². The van der Waals surface area contributed by atoms with Crippen molar-refractivity contribution in [2.24, 2.45) is 5.73 Å². The first-order valence-corrected chi connectivity index (χ1v) is 4.62. The lowest BCUT2D eigenvalue weighted by Crippen LogP contribution is -2.13. The Morgan fingerprint density at radius 1 is 1.53 bits per heavy atom. The van der Waals surface area contributed by atoms with Gasteiger partial charge in [0.15, 0.2) is 0 Å². The summed E-state index contributed by atoms with van der Waals surface area (Å²) in [6.45, 7) is 0. The summed E-state index contributed by atoms with van der Waals surface area (Å²) in [6.07, 6.45) is 3.92. The smallest absolute Gasteiger partial charge is 0.245 e. The van der Waals surface area contributed by atoms with Gasteiger partial charge in [0.05, 0.1) is 0 Å². The second-order valence-corrected chi connectivity index (χ2v) is 3.51. The fraction of sp³-hybridized carbons (Fsp3) is 0.0909. The lowest BCUT2D eigenvalue weighted by atomic mass is 10.1. The van der Waals surface area contributed by atoms with Gasteiger partial charge in [0.1, 0.15) is 5.76 Å². The number of pyridine rings is 1. The maximum absolute atomic E-state index is 11.0. The average Bonchev–Trinajstić information content (AvgIpc) is 2.73. The standard InChI is InChI=1S/C11H8N2O2/c12-10(14)6-4-8-7-2-1-3-13-11(7)15-9(8)5-6/h1-3,5H,4H2,(H2,12,14). The van der Waals surface area contributed by atoms with Gasteiger partial charge < -0.3 is 10.2 Å². The van der Waals surface area contributed by atoms with Gasteiger partial charge >= 0.3 is 0 Å². The Labute approximate surface area is 85.4 Å². The van der Waals surface area contributed by atoms with Crippen molar-refractivity contribution in [1.29, 1.82) is 0 Å². The number of hydrogen-bond donors (Lipinski definition) is 1. The van der Waals surface area contributed by atoms with Crippen LogP contribution >= 0.6 is 0 Å². The van der Waals surface area contributed by atoms with E-state index in [-0.39, 0.29) is 0 Å². The topological polar surface area (TPSA) is 69.1 Å². The number of nitrogens with zero attached hydrogens (tertiary/aromatic N) is 1. The minimum atomic E-state index is -0.390. The molecular formula is C11H8N2O2. The number of nitrogens with two attached hydrogens (primary N) is 1. The maximum Gasteiger partial charge on any atom is 0.245 e. The molecule has 4 nitrogen and oxygen atoms in total. The van der Waals surface area contributed by atoms with Crippen molar-refractivity contribution in [3.8, 4) is 0 Å². The molecule has 15 heavy (non-hydrogen) atoms.